The SMILES string of the molecule is CCC.[W+2].[W+2].[c-]1ccccc1-c1[c-]cccc1.[c-]1ccccc1-c1[c-]cccc1.c1ccc2c(c1)c1ccccc1n2Cn1c2ccccc2c2ccccc21. The molecule has 2 heterocycles. The molecule has 0 aliphatic heterocycles. The van der Waals surface area contributed by atoms with Gasteiger partial charge < -0.3 is 9.13 Å². The van der Waals surface area contributed by atoms with Crippen LogP contribution >= 0.6 is 0 Å². The van der Waals surface area contributed by atoms with E-state index in [1.165, 1.54) is 50.0 Å². The molecule has 2 aromatic heterocycles. The second-order valence-corrected chi connectivity index (χ2v) is 12.9. The number of hydrogen-bond acceptors (Lipinski definition) is 0. The van der Waals surface area contributed by atoms with E-state index in [1.54, 1.807) is 0 Å². The summed E-state index contributed by atoms with van der Waals surface area (Å²) in [7, 11) is 0. The van der Waals surface area contributed by atoms with E-state index in [1.807, 2.05) is 97.1 Å². The molecule has 0 N–H and O–H groups in total. The summed E-state index contributed by atoms with van der Waals surface area (Å²) in [5, 5.41) is 5.26. The first kappa shape index (κ1) is 41.9. The summed E-state index contributed by atoms with van der Waals surface area (Å²) < 4.78 is 4.87. The van der Waals surface area contributed by atoms with Crippen molar-refractivity contribution in [2.45, 2.75) is 26.9 Å². The largest absolute Gasteiger partial charge is 2.00 e. The van der Waals surface area contributed by atoms with Gasteiger partial charge in [0.1, 0.15) is 6.67 Å². The molecule has 0 spiro atoms. The summed E-state index contributed by atoms with van der Waals surface area (Å²) in [6.07, 6.45) is 1.25. The number of aromatic nitrogens is 2. The number of fused-ring (bicyclic) bond motifs is 6. The van der Waals surface area contributed by atoms with Crippen molar-refractivity contribution in [3.8, 4) is 22.3 Å². The molecular weight excluding hydrogens is 1020 g/mol. The van der Waals surface area contributed by atoms with Crippen molar-refractivity contribution in [3.05, 3.63) is 218 Å². The Kier molecular flexibility index (Phi) is 15.8. The Balaban J connectivity index is 0.000000173. The molecule has 0 amide bonds. The van der Waals surface area contributed by atoms with Gasteiger partial charge in [-0.1, -0.05) is 93.1 Å². The van der Waals surface area contributed by atoms with E-state index in [-0.39, 0.29) is 42.1 Å². The van der Waals surface area contributed by atoms with Crippen LogP contribution in [0.25, 0.3) is 65.9 Å². The maximum Gasteiger partial charge on any atom is 2.00 e. The van der Waals surface area contributed by atoms with Gasteiger partial charge in [-0.3, -0.25) is 0 Å². The molecule has 0 bridgehead atoms. The average molecular weight is 1060 g/mol. The summed E-state index contributed by atoms with van der Waals surface area (Å²) in [5.41, 5.74) is 9.50. The van der Waals surface area contributed by atoms with Crippen LogP contribution < -0.4 is 0 Å². The monoisotopic (exact) mass is 1060 g/mol. The van der Waals surface area contributed by atoms with Crippen LogP contribution in [-0.2, 0) is 48.8 Å². The third-order valence-corrected chi connectivity index (χ3v) is 9.06. The van der Waals surface area contributed by atoms with Crippen LogP contribution in [0.2, 0.25) is 0 Å². The van der Waals surface area contributed by atoms with E-state index < -0.39 is 0 Å². The van der Waals surface area contributed by atoms with Crippen LogP contribution in [0.15, 0.2) is 194 Å². The number of nitrogens with zero attached hydrogens (tertiary/aromatic N) is 2. The second kappa shape index (κ2) is 21.2. The standard InChI is InChI=1S/C25H18N2.2C12H8.C3H8.2W/c1-5-13-22-18(9-1)19-10-2-6-14-23(19)26(22)17-27-24-15-7-3-11-20(24)21-12-4-8-16-25(21)27;2*1-3-7-11(8-4-1)12-9-5-2-6-10-12;1-3-2;;/h1-16H,17H2;2*1-7,9H;3H2,1-2H3;;/q;2*-2;;2*+2. The molecule has 10 aromatic rings. The zero-order valence-corrected chi connectivity index (χ0v) is 37.5. The van der Waals surface area contributed by atoms with Crippen LogP contribution in [0.4, 0.5) is 0 Å². The van der Waals surface area contributed by atoms with Crippen LogP contribution in [0.3, 0.4) is 0 Å². The van der Waals surface area contributed by atoms with Crippen molar-refractivity contribution in [1.82, 2.24) is 9.13 Å². The minimum Gasteiger partial charge on any atom is -0.322 e. The van der Waals surface area contributed by atoms with Crippen LogP contribution in [-0.4, -0.2) is 9.13 Å². The molecule has 272 valence electrons. The van der Waals surface area contributed by atoms with Crippen LogP contribution in [0.1, 0.15) is 20.3 Å². The maximum atomic E-state index is 3.15. The molecule has 8 aromatic carbocycles. The molecule has 0 atom stereocenters. The molecule has 4 heteroatoms. The molecule has 2 nitrogen and oxygen atoms in total. The summed E-state index contributed by atoms with van der Waals surface area (Å²) in [5.74, 6) is 0. The number of para-hydroxylation sites is 4. The van der Waals surface area contributed by atoms with E-state index in [2.05, 4.69) is 144 Å². The number of hydrogen-bond donors (Lipinski definition) is 0. The molecular formula is C52H42N2W2. The van der Waals surface area contributed by atoms with Gasteiger partial charge in [-0.25, -0.2) is 22.3 Å². The normalized spacial score (nSPS) is 10.2. The van der Waals surface area contributed by atoms with Gasteiger partial charge in [0.15, 0.2) is 0 Å². The molecule has 0 radical (unpaired) electrons. The van der Waals surface area contributed by atoms with Gasteiger partial charge in [0.25, 0.3) is 0 Å². The van der Waals surface area contributed by atoms with E-state index in [0.717, 1.165) is 28.9 Å². The fourth-order valence-electron chi connectivity index (χ4n) is 6.70. The topological polar surface area (TPSA) is 9.86 Å². The van der Waals surface area contributed by atoms with Gasteiger partial charge in [0.05, 0.1) is 22.1 Å². The molecule has 0 aliphatic carbocycles. The van der Waals surface area contributed by atoms with Gasteiger partial charge in [-0.2, -0.15) is 97.1 Å². The summed E-state index contributed by atoms with van der Waals surface area (Å²) in [6, 6.07) is 79.1. The molecule has 0 saturated carbocycles. The second-order valence-electron chi connectivity index (χ2n) is 12.9. The Morgan fingerprint density at radius 3 is 0.750 bits per heavy atom. The minimum atomic E-state index is 0. The molecule has 10 rings (SSSR count). The number of benzene rings is 8. The Morgan fingerprint density at radius 2 is 0.536 bits per heavy atom. The Morgan fingerprint density at radius 1 is 0.321 bits per heavy atom. The smallest absolute Gasteiger partial charge is 0.322 e. The van der Waals surface area contributed by atoms with Crippen molar-refractivity contribution in [1.29, 1.82) is 0 Å². The minimum absolute atomic E-state index is 0. The Hall–Kier alpha value is -5.26. The van der Waals surface area contributed by atoms with Crippen molar-refractivity contribution in [3.63, 3.8) is 0 Å². The molecule has 0 saturated heterocycles. The molecule has 0 aliphatic rings. The maximum absolute atomic E-state index is 3.15. The quantitative estimate of drug-likeness (QED) is 0.156. The fraction of sp³-hybridized carbons (Fsp3) is 0.0769. The van der Waals surface area contributed by atoms with Crippen molar-refractivity contribution < 1.29 is 42.1 Å². The summed E-state index contributed by atoms with van der Waals surface area (Å²) in [6.45, 7) is 5.04. The Bertz CT molecular complexity index is 2300. The first-order chi connectivity index (χ1) is 26.8. The van der Waals surface area contributed by atoms with Crippen LogP contribution in [0, 0.1) is 24.3 Å². The Labute approximate surface area is 360 Å². The fourth-order valence-corrected chi connectivity index (χ4v) is 6.70. The number of rotatable bonds is 4. The van der Waals surface area contributed by atoms with Crippen molar-refractivity contribution >= 4 is 43.6 Å². The third-order valence-electron chi connectivity index (χ3n) is 9.06. The molecule has 56 heavy (non-hydrogen) atoms. The van der Waals surface area contributed by atoms with E-state index in [0.29, 0.717) is 0 Å². The van der Waals surface area contributed by atoms with Gasteiger partial charge in [-0.15, -0.1) is 24.3 Å². The van der Waals surface area contributed by atoms with Gasteiger partial charge in [-0.05, 0) is 24.3 Å². The molecule has 0 unspecified atom stereocenters. The zero-order chi connectivity index (χ0) is 37.0. The van der Waals surface area contributed by atoms with Crippen molar-refractivity contribution in [2.75, 3.05) is 0 Å². The van der Waals surface area contributed by atoms with E-state index in [9.17, 15) is 0 Å². The third kappa shape index (κ3) is 9.75. The first-order valence-electron chi connectivity index (χ1n) is 18.6. The predicted molar refractivity (Wildman–Crippen MR) is 229 cm³/mol. The van der Waals surface area contributed by atoms with Gasteiger partial charge in [0.2, 0.25) is 0 Å². The van der Waals surface area contributed by atoms with Gasteiger partial charge in [0, 0.05) is 21.5 Å². The van der Waals surface area contributed by atoms with Gasteiger partial charge >= 0.3 is 42.1 Å². The van der Waals surface area contributed by atoms with E-state index >= 15 is 0 Å². The summed E-state index contributed by atoms with van der Waals surface area (Å²) in [4.78, 5) is 0. The first-order valence-corrected chi connectivity index (χ1v) is 18.6. The van der Waals surface area contributed by atoms with E-state index in [4.69, 9.17) is 0 Å². The van der Waals surface area contributed by atoms with Crippen LogP contribution in [0.5, 0.6) is 0 Å². The summed E-state index contributed by atoms with van der Waals surface area (Å²) >= 11 is 0. The molecule has 0 fully saturated rings. The predicted octanol–water partition coefficient (Wildman–Crippen LogP) is 13.7. The average Bonchev–Trinajstić information content (AvgIpc) is 3.75. The zero-order valence-electron chi connectivity index (χ0n) is 31.6. The van der Waals surface area contributed by atoms with Crippen molar-refractivity contribution in [2.24, 2.45) is 0 Å².